The normalized spacial score (nSPS) is 34.6. The highest BCUT2D eigenvalue weighted by Gasteiger charge is 2.60. The van der Waals surface area contributed by atoms with Gasteiger partial charge in [-0.2, -0.15) is 0 Å². The lowest BCUT2D eigenvalue weighted by Crippen LogP contribution is -2.57. The zero-order valence-electron chi connectivity index (χ0n) is 15.7. The van der Waals surface area contributed by atoms with Crippen LogP contribution in [0.1, 0.15) is 19.4 Å². The Labute approximate surface area is 167 Å². The highest BCUT2D eigenvalue weighted by Crippen LogP contribution is 2.47. The van der Waals surface area contributed by atoms with Crippen LogP contribution >= 0.6 is 11.8 Å². The Kier molecular flexibility index (Phi) is 6.02. The van der Waals surface area contributed by atoms with Crippen LogP contribution in [0.25, 0.3) is 0 Å². The van der Waals surface area contributed by atoms with E-state index in [4.69, 9.17) is 0 Å². The molecule has 1 aromatic rings. The highest BCUT2D eigenvalue weighted by atomic mass is 32.2. The molecule has 6 atom stereocenters. The molecular formula is C19H26N2O6S. The lowest BCUT2D eigenvalue weighted by molar-refractivity contribution is -0.152. The summed E-state index contributed by atoms with van der Waals surface area (Å²) in [5, 5.41) is 42.4. The molecule has 0 aromatic heterocycles. The fraction of sp³-hybridized carbons (Fsp3) is 0.579. The molecule has 0 saturated carbocycles. The molecule has 5 N–H and O–H groups in total. The van der Waals surface area contributed by atoms with Crippen LogP contribution in [0.2, 0.25) is 0 Å². The average Bonchev–Trinajstić information content (AvgIpc) is 2.94. The molecule has 154 valence electrons. The number of rotatable bonds is 4. The summed E-state index contributed by atoms with van der Waals surface area (Å²) < 4.78 is -0.764. The van der Waals surface area contributed by atoms with Crippen molar-refractivity contribution in [2.24, 2.45) is 0 Å². The van der Waals surface area contributed by atoms with Gasteiger partial charge in [0.1, 0.15) is 29.7 Å². The van der Waals surface area contributed by atoms with Crippen molar-refractivity contribution in [3.05, 3.63) is 35.9 Å². The predicted molar refractivity (Wildman–Crippen MR) is 103 cm³/mol. The average molecular weight is 410 g/mol. The minimum atomic E-state index is -1.91. The number of hydrogen-bond acceptors (Lipinski definition) is 7. The summed E-state index contributed by atoms with van der Waals surface area (Å²) in [6.45, 7) is 3.90. The maximum atomic E-state index is 12.9. The summed E-state index contributed by atoms with van der Waals surface area (Å²) in [6.07, 6.45) is -6.31. The van der Waals surface area contributed by atoms with E-state index >= 15 is 0 Å². The van der Waals surface area contributed by atoms with E-state index in [1.807, 2.05) is 30.3 Å². The van der Waals surface area contributed by atoms with Gasteiger partial charge in [0.15, 0.2) is 6.10 Å². The number of carbonyl (C=O) groups is 2. The van der Waals surface area contributed by atoms with E-state index in [0.717, 1.165) is 22.2 Å². The van der Waals surface area contributed by atoms with Crippen molar-refractivity contribution < 1.29 is 30.0 Å². The lowest BCUT2D eigenvalue weighted by atomic mass is 9.99. The number of aliphatic hydroxyl groups is 4. The van der Waals surface area contributed by atoms with Crippen LogP contribution < -0.4 is 5.32 Å². The molecular weight excluding hydrogens is 384 g/mol. The monoisotopic (exact) mass is 410 g/mol. The first-order valence-corrected chi connectivity index (χ1v) is 10.1. The molecule has 2 heterocycles. The number of nitrogens with zero attached hydrogens (tertiary/aromatic N) is 1. The van der Waals surface area contributed by atoms with Gasteiger partial charge in [0.2, 0.25) is 5.91 Å². The van der Waals surface area contributed by atoms with Crippen molar-refractivity contribution in [2.45, 2.75) is 60.8 Å². The summed E-state index contributed by atoms with van der Waals surface area (Å²) in [5.41, 5.74) is 1.06. The molecule has 2 aliphatic rings. The minimum Gasteiger partial charge on any atom is -0.387 e. The molecule has 3 rings (SSSR count). The first kappa shape index (κ1) is 21.1. The highest BCUT2D eigenvalue weighted by molar-refractivity contribution is 8.01. The lowest BCUT2D eigenvalue weighted by Gasteiger charge is -2.32. The molecule has 1 aromatic carbocycles. The van der Waals surface area contributed by atoms with Gasteiger partial charge in [-0.1, -0.05) is 30.3 Å². The van der Waals surface area contributed by atoms with Gasteiger partial charge in [0.05, 0.1) is 0 Å². The third kappa shape index (κ3) is 3.77. The number of nitrogens with one attached hydrogen (secondary N) is 1. The Hall–Kier alpha value is -1.65. The van der Waals surface area contributed by atoms with E-state index in [9.17, 15) is 30.0 Å². The van der Waals surface area contributed by atoms with Crippen molar-refractivity contribution in [3.63, 3.8) is 0 Å². The number of amides is 2. The second kappa shape index (κ2) is 8.00. The second-order valence-electron chi connectivity index (χ2n) is 7.70. The van der Waals surface area contributed by atoms with Gasteiger partial charge in [0, 0.05) is 11.3 Å². The number of thioether (sulfide) groups is 1. The van der Waals surface area contributed by atoms with E-state index in [1.54, 1.807) is 13.8 Å². The fourth-order valence-corrected chi connectivity index (χ4v) is 5.38. The maximum Gasteiger partial charge on any atom is 0.255 e. The predicted octanol–water partition coefficient (Wildman–Crippen LogP) is -1.15. The molecule has 0 spiro atoms. The third-order valence-electron chi connectivity index (χ3n) is 5.26. The molecule has 2 fully saturated rings. The molecule has 2 saturated heterocycles. The van der Waals surface area contributed by atoms with Gasteiger partial charge in [0.25, 0.3) is 5.91 Å². The molecule has 9 heteroatoms. The largest absolute Gasteiger partial charge is 0.387 e. The summed E-state index contributed by atoms with van der Waals surface area (Å²) >= 11 is 1.16. The minimum absolute atomic E-state index is 0.364. The zero-order chi connectivity index (χ0) is 20.6. The maximum absolute atomic E-state index is 12.9. The summed E-state index contributed by atoms with van der Waals surface area (Å²) in [5.74, 6) is -1.29. The molecule has 2 amide bonds. The molecule has 2 aliphatic heterocycles. The molecule has 0 unspecified atom stereocenters. The van der Waals surface area contributed by atoms with E-state index in [0.29, 0.717) is 13.0 Å². The Balaban J connectivity index is 1.78. The topological polar surface area (TPSA) is 130 Å². The Morgan fingerprint density at radius 3 is 2.39 bits per heavy atom. The second-order valence-corrected chi connectivity index (χ2v) is 9.47. The molecule has 28 heavy (non-hydrogen) atoms. The van der Waals surface area contributed by atoms with E-state index < -0.39 is 52.4 Å². The summed E-state index contributed by atoms with van der Waals surface area (Å²) in [7, 11) is 0. The fourth-order valence-electron chi connectivity index (χ4n) is 3.77. The number of hydrogen-bond donors (Lipinski definition) is 5. The van der Waals surface area contributed by atoms with Crippen LogP contribution in [0.5, 0.6) is 0 Å². The first-order chi connectivity index (χ1) is 13.1. The smallest absolute Gasteiger partial charge is 0.255 e. The van der Waals surface area contributed by atoms with E-state index in [1.165, 1.54) is 0 Å². The van der Waals surface area contributed by atoms with Crippen molar-refractivity contribution in [2.75, 3.05) is 6.54 Å². The zero-order valence-corrected chi connectivity index (χ0v) is 16.5. The SMILES string of the molecule is CC1(C)S[C@@H]2[C@H](O)[C@@H](O)[C@H](O)[C@H](O)C(=O)N2[C@@H]1C(=O)NCCc1ccccc1. The molecule has 8 nitrogen and oxygen atoms in total. The summed E-state index contributed by atoms with van der Waals surface area (Å²) in [6, 6.07) is 8.66. The quantitative estimate of drug-likeness (QED) is 0.424. The molecule has 0 bridgehead atoms. The Morgan fingerprint density at radius 2 is 1.75 bits per heavy atom. The number of benzene rings is 1. The standard InChI is InChI=1S/C19H26N2O6S/c1-19(2)15(16(26)20-9-8-10-6-4-3-5-7-10)21-17(27)13(24)11(22)12(23)14(25)18(21)28-19/h3-7,11-15,18,22-25H,8-9H2,1-2H3,(H,20,26)/t11-,12-,13-,14+,15+,18+/m0/s1. The Bertz CT molecular complexity index is 730. The van der Waals surface area contributed by atoms with E-state index in [2.05, 4.69) is 5.32 Å². The van der Waals surface area contributed by atoms with Crippen LogP contribution in [0.4, 0.5) is 0 Å². The van der Waals surface area contributed by atoms with Gasteiger partial charge >= 0.3 is 0 Å². The van der Waals surface area contributed by atoms with Crippen molar-refractivity contribution in [3.8, 4) is 0 Å². The third-order valence-corrected chi connectivity index (χ3v) is 6.84. The van der Waals surface area contributed by atoms with Gasteiger partial charge in [-0.25, -0.2) is 0 Å². The van der Waals surface area contributed by atoms with Gasteiger partial charge in [-0.05, 0) is 25.8 Å². The van der Waals surface area contributed by atoms with Gasteiger partial charge in [-0.3, -0.25) is 9.59 Å². The van der Waals surface area contributed by atoms with Crippen LogP contribution in [0, 0.1) is 0 Å². The van der Waals surface area contributed by atoms with Crippen molar-refractivity contribution in [1.29, 1.82) is 0 Å². The van der Waals surface area contributed by atoms with Gasteiger partial charge in [-0.15, -0.1) is 11.8 Å². The first-order valence-electron chi connectivity index (χ1n) is 9.19. The summed E-state index contributed by atoms with van der Waals surface area (Å²) in [4.78, 5) is 26.8. The van der Waals surface area contributed by atoms with Crippen molar-refractivity contribution in [1.82, 2.24) is 10.2 Å². The van der Waals surface area contributed by atoms with E-state index in [-0.39, 0.29) is 0 Å². The van der Waals surface area contributed by atoms with Crippen molar-refractivity contribution >= 4 is 23.6 Å². The molecule has 0 aliphatic carbocycles. The van der Waals surface area contributed by atoms with Crippen LogP contribution in [-0.4, -0.2) is 84.3 Å². The van der Waals surface area contributed by atoms with Crippen LogP contribution in [0.15, 0.2) is 30.3 Å². The number of fused-ring (bicyclic) bond motifs is 1. The Morgan fingerprint density at radius 1 is 1.11 bits per heavy atom. The number of carbonyl (C=O) groups excluding carboxylic acids is 2. The van der Waals surface area contributed by atoms with Crippen LogP contribution in [0.3, 0.4) is 0 Å². The number of aliphatic hydroxyl groups excluding tert-OH is 4. The van der Waals surface area contributed by atoms with Gasteiger partial charge < -0.3 is 30.6 Å². The van der Waals surface area contributed by atoms with Crippen LogP contribution in [-0.2, 0) is 16.0 Å². The molecule has 0 radical (unpaired) electrons.